The molecule has 0 spiro atoms. The van der Waals surface area contributed by atoms with Gasteiger partial charge in [0.25, 0.3) is 0 Å². The molecular formula is C17H19ClO. The summed E-state index contributed by atoms with van der Waals surface area (Å²) in [5, 5.41) is 11.2. The second kappa shape index (κ2) is 5.77. The van der Waals surface area contributed by atoms with E-state index in [0.717, 1.165) is 32.8 Å². The van der Waals surface area contributed by atoms with E-state index in [0.29, 0.717) is 6.42 Å². The van der Waals surface area contributed by atoms with Crippen molar-refractivity contribution in [3.8, 4) is 0 Å². The Hall–Kier alpha value is -1.31. The van der Waals surface area contributed by atoms with Crippen LogP contribution in [0.3, 0.4) is 0 Å². The van der Waals surface area contributed by atoms with Crippen LogP contribution in [-0.4, -0.2) is 5.11 Å². The van der Waals surface area contributed by atoms with Gasteiger partial charge in [0.1, 0.15) is 0 Å². The largest absolute Gasteiger partial charge is 0.388 e. The van der Waals surface area contributed by atoms with Crippen molar-refractivity contribution in [2.24, 2.45) is 0 Å². The third kappa shape index (κ3) is 3.17. The molecular weight excluding hydrogens is 256 g/mol. The van der Waals surface area contributed by atoms with Crippen LogP contribution in [0.15, 0.2) is 36.4 Å². The average molecular weight is 275 g/mol. The fourth-order valence-electron chi connectivity index (χ4n) is 2.48. The van der Waals surface area contributed by atoms with Crippen LogP contribution < -0.4 is 0 Å². The van der Waals surface area contributed by atoms with Gasteiger partial charge >= 0.3 is 0 Å². The molecule has 0 aliphatic rings. The summed E-state index contributed by atoms with van der Waals surface area (Å²) in [5.41, 5.74) is 5.38. The summed E-state index contributed by atoms with van der Waals surface area (Å²) in [6, 6.07) is 12.0. The highest BCUT2D eigenvalue weighted by Gasteiger charge is 2.15. The Kier molecular flexibility index (Phi) is 4.28. The molecule has 0 bridgehead atoms. The Morgan fingerprint density at radius 2 is 1.68 bits per heavy atom. The second-order valence-corrected chi connectivity index (χ2v) is 5.53. The summed E-state index contributed by atoms with van der Waals surface area (Å²) >= 11 is 6.23. The van der Waals surface area contributed by atoms with Crippen molar-refractivity contribution in [3.05, 3.63) is 69.2 Å². The minimum absolute atomic E-state index is 0.513. The quantitative estimate of drug-likeness (QED) is 0.871. The second-order valence-electron chi connectivity index (χ2n) is 5.12. The molecule has 0 aliphatic heterocycles. The summed E-state index contributed by atoms with van der Waals surface area (Å²) in [4.78, 5) is 0. The highest BCUT2D eigenvalue weighted by molar-refractivity contribution is 6.31. The third-order valence-electron chi connectivity index (χ3n) is 3.50. The Morgan fingerprint density at radius 3 is 2.26 bits per heavy atom. The molecule has 100 valence electrons. The van der Waals surface area contributed by atoms with Gasteiger partial charge in [0.05, 0.1) is 6.10 Å². The maximum atomic E-state index is 10.5. The van der Waals surface area contributed by atoms with Gasteiger partial charge in [-0.15, -0.1) is 0 Å². The van der Waals surface area contributed by atoms with E-state index in [4.69, 9.17) is 11.6 Å². The highest BCUT2D eigenvalue weighted by Crippen LogP contribution is 2.28. The van der Waals surface area contributed by atoms with Gasteiger partial charge in [0.15, 0.2) is 0 Å². The molecule has 0 aromatic heterocycles. The van der Waals surface area contributed by atoms with E-state index in [2.05, 4.69) is 0 Å². The van der Waals surface area contributed by atoms with E-state index in [9.17, 15) is 5.11 Å². The van der Waals surface area contributed by atoms with Crippen LogP contribution in [0, 0.1) is 20.8 Å². The Labute approximate surface area is 119 Å². The van der Waals surface area contributed by atoms with E-state index >= 15 is 0 Å². The highest BCUT2D eigenvalue weighted by atomic mass is 35.5. The van der Waals surface area contributed by atoms with E-state index in [-0.39, 0.29) is 0 Å². The lowest BCUT2D eigenvalue weighted by Gasteiger charge is -2.17. The van der Waals surface area contributed by atoms with Gasteiger partial charge in [-0.05, 0) is 54.7 Å². The number of hydrogen-bond acceptors (Lipinski definition) is 1. The van der Waals surface area contributed by atoms with Crippen LogP contribution in [0.25, 0.3) is 0 Å². The van der Waals surface area contributed by atoms with Gasteiger partial charge in [0.2, 0.25) is 0 Å². The Bertz CT molecular complexity index is 570. The Balaban J connectivity index is 2.28. The van der Waals surface area contributed by atoms with Crippen LogP contribution in [-0.2, 0) is 6.42 Å². The molecule has 0 amide bonds. The third-order valence-corrected chi connectivity index (χ3v) is 3.85. The molecule has 0 saturated heterocycles. The molecule has 0 radical (unpaired) electrons. The average Bonchev–Trinajstić information content (AvgIpc) is 2.32. The van der Waals surface area contributed by atoms with Gasteiger partial charge in [-0.3, -0.25) is 0 Å². The normalized spacial score (nSPS) is 12.5. The zero-order valence-electron chi connectivity index (χ0n) is 11.6. The SMILES string of the molecule is Cc1ccc(CC(O)c2c(C)cccc2C)c(Cl)c1. The molecule has 1 nitrogen and oxygen atoms in total. The summed E-state index contributed by atoms with van der Waals surface area (Å²) < 4.78 is 0. The number of hydrogen-bond donors (Lipinski definition) is 1. The molecule has 2 rings (SSSR count). The van der Waals surface area contributed by atoms with E-state index in [1.807, 2.05) is 57.2 Å². The first-order chi connectivity index (χ1) is 8.99. The molecule has 1 atom stereocenters. The number of benzene rings is 2. The van der Waals surface area contributed by atoms with Crippen LogP contribution >= 0.6 is 11.6 Å². The number of aliphatic hydroxyl groups is 1. The smallest absolute Gasteiger partial charge is 0.0836 e. The molecule has 1 unspecified atom stereocenters. The molecule has 2 aromatic rings. The molecule has 0 fully saturated rings. The van der Waals surface area contributed by atoms with E-state index in [1.165, 1.54) is 0 Å². The molecule has 1 N–H and O–H groups in total. The minimum atomic E-state index is -0.513. The Morgan fingerprint density at radius 1 is 1.05 bits per heavy atom. The summed E-state index contributed by atoms with van der Waals surface area (Å²) in [6.07, 6.45) is 0.0338. The maximum Gasteiger partial charge on any atom is 0.0836 e. The lowest BCUT2D eigenvalue weighted by Crippen LogP contribution is -2.06. The fourth-order valence-corrected chi connectivity index (χ4v) is 2.79. The molecule has 0 aliphatic carbocycles. The number of halogens is 1. The van der Waals surface area contributed by atoms with Gasteiger partial charge in [-0.1, -0.05) is 41.9 Å². The lowest BCUT2D eigenvalue weighted by molar-refractivity contribution is 0.177. The predicted octanol–water partition coefficient (Wildman–Crippen LogP) is 4.54. The van der Waals surface area contributed by atoms with E-state index in [1.54, 1.807) is 0 Å². The van der Waals surface area contributed by atoms with Crippen molar-refractivity contribution < 1.29 is 5.11 Å². The van der Waals surface area contributed by atoms with Crippen LogP contribution in [0.2, 0.25) is 5.02 Å². The molecule has 19 heavy (non-hydrogen) atoms. The van der Waals surface area contributed by atoms with Crippen molar-refractivity contribution in [2.75, 3.05) is 0 Å². The van der Waals surface area contributed by atoms with Gasteiger partial charge in [0, 0.05) is 11.4 Å². The van der Waals surface area contributed by atoms with Crippen molar-refractivity contribution in [2.45, 2.75) is 33.3 Å². The van der Waals surface area contributed by atoms with Crippen molar-refractivity contribution in [3.63, 3.8) is 0 Å². The monoisotopic (exact) mass is 274 g/mol. The topological polar surface area (TPSA) is 20.2 Å². The number of aliphatic hydroxyl groups excluding tert-OH is 1. The van der Waals surface area contributed by atoms with Crippen LogP contribution in [0.5, 0.6) is 0 Å². The van der Waals surface area contributed by atoms with Crippen LogP contribution in [0.4, 0.5) is 0 Å². The molecule has 0 saturated carbocycles. The molecule has 2 aromatic carbocycles. The van der Waals surface area contributed by atoms with Crippen LogP contribution in [0.1, 0.15) is 33.9 Å². The first-order valence-electron chi connectivity index (χ1n) is 6.48. The predicted molar refractivity (Wildman–Crippen MR) is 80.8 cm³/mol. The van der Waals surface area contributed by atoms with Gasteiger partial charge in [-0.25, -0.2) is 0 Å². The molecule has 2 heteroatoms. The first kappa shape index (κ1) is 14.1. The summed E-state index contributed by atoms with van der Waals surface area (Å²) in [5.74, 6) is 0. The summed E-state index contributed by atoms with van der Waals surface area (Å²) in [6.45, 7) is 6.07. The van der Waals surface area contributed by atoms with Gasteiger partial charge in [-0.2, -0.15) is 0 Å². The molecule has 0 heterocycles. The van der Waals surface area contributed by atoms with Crippen molar-refractivity contribution >= 4 is 11.6 Å². The maximum absolute atomic E-state index is 10.5. The number of aryl methyl sites for hydroxylation is 3. The standard InChI is InChI=1S/C17H19ClO/c1-11-7-8-14(15(18)9-11)10-16(19)17-12(2)5-4-6-13(17)3/h4-9,16,19H,10H2,1-3H3. The lowest BCUT2D eigenvalue weighted by atomic mass is 9.93. The summed E-state index contributed by atoms with van der Waals surface area (Å²) in [7, 11) is 0. The first-order valence-corrected chi connectivity index (χ1v) is 6.86. The zero-order valence-corrected chi connectivity index (χ0v) is 12.3. The van der Waals surface area contributed by atoms with Crippen molar-refractivity contribution in [1.29, 1.82) is 0 Å². The zero-order chi connectivity index (χ0) is 14.0. The van der Waals surface area contributed by atoms with E-state index < -0.39 is 6.10 Å². The fraction of sp³-hybridized carbons (Fsp3) is 0.294. The van der Waals surface area contributed by atoms with Crippen molar-refractivity contribution in [1.82, 2.24) is 0 Å². The van der Waals surface area contributed by atoms with Gasteiger partial charge < -0.3 is 5.11 Å². The minimum Gasteiger partial charge on any atom is -0.388 e. The number of rotatable bonds is 3.